The van der Waals surface area contributed by atoms with Crippen molar-refractivity contribution in [2.45, 2.75) is 19.9 Å². The topological polar surface area (TPSA) is 38.6 Å². The number of nitrogens with zero attached hydrogens (tertiary/aromatic N) is 2. The number of ether oxygens (including phenoxy) is 1. The zero-order chi connectivity index (χ0) is 15.5. The molecule has 0 fully saturated rings. The summed E-state index contributed by atoms with van der Waals surface area (Å²) in [6.07, 6.45) is 1.78. The second-order valence-electron chi connectivity index (χ2n) is 5.36. The summed E-state index contributed by atoms with van der Waals surface area (Å²) in [6, 6.07) is 15.1. The smallest absolute Gasteiger partial charge is 0.215 e. The van der Waals surface area contributed by atoms with Crippen LogP contribution in [0.25, 0.3) is 16.6 Å². The van der Waals surface area contributed by atoms with Gasteiger partial charge < -0.3 is 10.1 Å². The van der Waals surface area contributed by atoms with Crippen molar-refractivity contribution in [1.29, 1.82) is 0 Å². The molecule has 22 heavy (non-hydrogen) atoms. The first-order valence-corrected chi connectivity index (χ1v) is 7.58. The highest BCUT2D eigenvalue weighted by atomic mass is 16.5. The molecule has 2 heterocycles. The van der Waals surface area contributed by atoms with Crippen LogP contribution in [0.5, 0.6) is 5.88 Å². The first kappa shape index (κ1) is 14.6. The highest BCUT2D eigenvalue weighted by Crippen LogP contribution is 2.28. The molecule has 2 aromatic heterocycles. The molecule has 114 valence electrons. The number of nitrogens with one attached hydrogen (secondary N) is 1. The first-order valence-electron chi connectivity index (χ1n) is 7.58. The van der Waals surface area contributed by atoms with E-state index in [-0.39, 0.29) is 0 Å². The van der Waals surface area contributed by atoms with Gasteiger partial charge in [-0.3, -0.25) is 0 Å². The maximum Gasteiger partial charge on any atom is 0.215 e. The summed E-state index contributed by atoms with van der Waals surface area (Å²) < 4.78 is 7.25. The molecule has 4 heteroatoms. The van der Waals surface area contributed by atoms with E-state index in [1.807, 2.05) is 12.1 Å². The summed E-state index contributed by atoms with van der Waals surface area (Å²) in [7, 11) is 1.67. The second kappa shape index (κ2) is 6.20. The van der Waals surface area contributed by atoms with Crippen molar-refractivity contribution < 1.29 is 4.74 Å². The molecule has 3 aromatic rings. The second-order valence-corrected chi connectivity index (χ2v) is 5.36. The van der Waals surface area contributed by atoms with Crippen molar-refractivity contribution in [3.63, 3.8) is 0 Å². The Bertz CT molecular complexity index is 779. The molecule has 0 spiro atoms. The SMILES string of the molecule is CCNC(C)c1cccc(-c2cc(OC)n3nccc3c2)c1. The van der Waals surface area contributed by atoms with Gasteiger partial charge in [-0.1, -0.05) is 25.1 Å². The Morgan fingerprint density at radius 3 is 2.82 bits per heavy atom. The first-order chi connectivity index (χ1) is 10.7. The van der Waals surface area contributed by atoms with Gasteiger partial charge in [0.2, 0.25) is 5.88 Å². The standard InChI is InChI=1S/C18H21N3O/c1-4-19-13(2)14-6-5-7-15(10-14)16-11-17-8-9-20-21(17)18(12-16)22-3/h5-13,19H,4H2,1-3H3. The van der Waals surface area contributed by atoms with Crippen LogP contribution < -0.4 is 10.1 Å². The maximum absolute atomic E-state index is 5.45. The number of rotatable bonds is 5. The van der Waals surface area contributed by atoms with Gasteiger partial charge >= 0.3 is 0 Å². The molecular weight excluding hydrogens is 274 g/mol. The number of benzene rings is 1. The van der Waals surface area contributed by atoms with Crippen molar-refractivity contribution in [3.05, 3.63) is 54.2 Å². The normalized spacial score (nSPS) is 12.5. The fourth-order valence-electron chi connectivity index (χ4n) is 2.73. The van der Waals surface area contributed by atoms with Crippen LogP contribution in [0.1, 0.15) is 25.5 Å². The summed E-state index contributed by atoms with van der Waals surface area (Å²) in [4.78, 5) is 0. The minimum absolute atomic E-state index is 0.338. The molecule has 0 bridgehead atoms. The Labute approximate surface area is 130 Å². The van der Waals surface area contributed by atoms with Gasteiger partial charge in [-0.05, 0) is 48.4 Å². The number of methoxy groups -OCH3 is 1. The van der Waals surface area contributed by atoms with Crippen LogP contribution in [-0.4, -0.2) is 23.3 Å². The maximum atomic E-state index is 5.45. The van der Waals surface area contributed by atoms with Gasteiger partial charge in [-0.25, -0.2) is 4.52 Å². The Morgan fingerprint density at radius 2 is 2.05 bits per heavy atom. The van der Waals surface area contributed by atoms with Crippen LogP contribution in [0, 0.1) is 0 Å². The van der Waals surface area contributed by atoms with E-state index in [9.17, 15) is 0 Å². The molecule has 0 aliphatic heterocycles. The highest BCUT2D eigenvalue weighted by molar-refractivity contribution is 5.71. The molecule has 0 aliphatic carbocycles. The lowest BCUT2D eigenvalue weighted by molar-refractivity contribution is 0.386. The number of fused-ring (bicyclic) bond motifs is 1. The molecule has 0 amide bonds. The average Bonchev–Trinajstić information content (AvgIpc) is 3.02. The predicted octanol–water partition coefficient (Wildman–Crippen LogP) is 3.68. The third-order valence-corrected chi connectivity index (χ3v) is 3.90. The van der Waals surface area contributed by atoms with Gasteiger partial charge in [0.25, 0.3) is 0 Å². The number of hydrogen-bond acceptors (Lipinski definition) is 3. The molecular formula is C18H21N3O. The molecule has 4 nitrogen and oxygen atoms in total. The molecule has 0 aliphatic rings. The Kier molecular flexibility index (Phi) is 4.11. The van der Waals surface area contributed by atoms with Crippen LogP contribution in [0.4, 0.5) is 0 Å². The lowest BCUT2D eigenvalue weighted by Gasteiger charge is -2.14. The molecule has 1 N–H and O–H groups in total. The Morgan fingerprint density at radius 1 is 1.18 bits per heavy atom. The molecule has 1 aromatic carbocycles. The van der Waals surface area contributed by atoms with E-state index in [1.54, 1.807) is 17.8 Å². The summed E-state index contributed by atoms with van der Waals surface area (Å²) in [5, 5.41) is 7.73. The molecule has 0 radical (unpaired) electrons. The van der Waals surface area contributed by atoms with Crippen molar-refractivity contribution >= 4 is 5.52 Å². The molecule has 1 unspecified atom stereocenters. The average molecular weight is 295 g/mol. The van der Waals surface area contributed by atoms with E-state index in [1.165, 1.54) is 11.1 Å². The predicted molar refractivity (Wildman–Crippen MR) is 89.3 cm³/mol. The van der Waals surface area contributed by atoms with Crippen molar-refractivity contribution in [2.75, 3.05) is 13.7 Å². The van der Waals surface area contributed by atoms with Crippen LogP contribution in [0.2, 0.25) is 0 Å². The summed E-state index contributed by atoms with van der Waals surface area (Å²) in [5.74, 6) is 0.739. The summed E-state index contributed by atoms with van der Waals surface area (Å²) in [6.45, 7) is 5.27. The molecule has 1 atom stereocenters. The fraction of sp³-hybridized carbons (Fsp3) is 0.278. The summed E-state index contributed by atoms with van der Waals surface area (Å²) in [5.41, 5.74) is 4.63. The van der Waals surface area contributed by atoms with E-state index >= 15 is 0 Å². The number of aromatic nitrogens is 2. The number of hydrogen-bond donors (Lipinski definition) is 1. The summed E-state index contributed by atoms with van der Waals surface area (Å²) >= 11 is 0. The Hall–Kier alpha value is -2.33. The number of pyridine rings is 1. The van der Waals surface area contributed by atoms with Crippen LogP contribution in [-0.2, 0) is 0 Å². The lowest BCUT2D eigenvalue weighted by atomic mass is 10.0. The van der Waals surface area contributed by atoms with Gasteiger partial charge in [0.15, 0.2) is 0 Å². The van der Waals surface area contributed by atoms with Gasteiger partial charge in [0.1, 0.15) is 0 Å². The van der Waals surface area contributed by atoms with E-state index in [0.29, 0.717) is 6.04 Å². The van der Waals surface area contributed by atoms with Gasteiger partial charge in [0.05, 0.1) is 18.8 Å². The van der Waals surface area contributed by atoms with E-state index < -0.39 is 0 Å². The zero-order valence-corrected chi connectivity index (χ0v) is 13.2. The fourth-order valence-corrected chi connectivity index (χ4v) is 2.73. The molecule has 0 saturated heterocycles. The van der Waals surface area contributed by atoms with E-state index in [4.69, 9.17) is 4.74 Å². The van der Waals surface area contributed by atoms with Crippen LogP contribution in [0.15, 0.2) is 48.7 Å². The van der Waals surface area contributed by atoms with Gasteiger partial charge in [0, 0.05) is 12.1 Å². The largest absolute Gasteiger partial charge is 0.481 e. The lowest BCUT2D eigenvalue weighted by Crippen LogP contribution is -2.17. The van der Waals surface area contributed by atoms with Crippen molar-refractivity contribution in [1.82, 2.24) is 14.9 Å². The molecule has 3 rings (SSSR count). The highest BCUT2D eigenvalue weighted by Gasteiger charge is 2.09. The minimum atomic E-state index is 0.338. The van der Waals surface area contributed by atoms with Gasteiger partial charge in [-0.2, -0.15) is 5.10 Å². The minimum Gasteiger partial charge on any atom is -0.481 e. The van der Waals surface area contributed by atoms with Gasteiger partial charge in [-0.15, -0.1) is 0 Å². The van der Waals surface area contributed by atoms with Crippen molar-refractivity contribution in [3.8, 4) is 17.0 Å². The monoisotopic (exact) mass is 295 g/mol. The zero-order valence-electron chi connectivity index (χ0n) is 13.2. The third-order valence-electron chi connectivity index (χ3n) is 3.90. The van der Waals surface area contributed by atoms with Crippen LogP contribution >= 0.6 is 0 Å². The molecule has 0 saturated carbocycles. The van der Waals surface area contributed by atoms with Crippen LogP contribution in [0.3, 0.4) is 0 Å². The third kappa shape index (κ3) is 2.70. The quantitative estimate of drug-likeness (QED) is 0.780. The van der Waals surface area contributed by atoms with E-state index in [0.717, 1.165) is 23.5 Å². The van der Waals surface area contributed by atoms with Crippen molar-refractivity contribution in [2.24, 2.45) is 0 Å². The van der Waals surface area contributed by atoms with E-state index in [2.05, 4.69) is 54.6 Å². The Balaban J connectivity index is 2.05.